The van der Waals surface area contributed by atoms with Gasteiger partial charge in [0.2, 0.25) is 0 Å². The van der Waals surface area contributed by atoms with Crippen LogP contribution < -0.4 is 0 Å². The van der Waals surface area contributed by atoms with Crippen LogP contribution in [0.4, 0.5) is 4.39 Å². The Hall–Kier alpha value is -0.930. The average molecular weight is 194 g/mol. The summed E-state index contributed by atoms with van der Waals surface area (Å²) in [5, 5.41) is 4.25. The molecular formula is C11H13FNO-. The first kappa shape index (κ1) is 9.62. The molecule has 76 valence electrons. The zero-order chi connectivity index (χ0) is 9.97. The smallest absolute Gasteiger partial charge is 0.123 e. The van der Waals surface area contributed by atoms with Gasteiger partial charge in [0.05, 0.1) is 6.61 Å². The maximum absolute atomic E-state index is 12.7. The number of rotatable bonds is 2. The number of likely N-dealkylation sites (N-methyl/N-ethyl adjacent to an activating group) is 1. The number of nitrogens with zero attached hydrogens (tertiary/aromatic N) is 1. The van der Waals surface area contributed by atoms with Crippen molar-refractivity contribution in [3.8, 4) is 0 Å². The van der Waals surface area contributed by atoms with Crippen LogP contribution in [0.25, 0.3) is 5.32 Å². The second kappa shape index (κ2) is 4.07. The van der Waals surface area contributed by atoms with Gasteiger partial charge in [-0.15, -0.1) is 6.04 Å². The van der Waals surface area contributed by atoms with Gasteiger partial charge in [-0.2, -0.15) is 7.05 Å². The van der Waals surface area contributed by atoms with Crippen LogP contribution in [0.15, 0.2) is 24.3 Å². The lowest BCUT2D eigenvalue weighted by Gasteiger charge is -2.27. The molecule has 2 atom stereocenters. The molecule has 2 rings (SSSR count). The third-order valence-electron chi connectivity index (χ3n) is 2.68. The van der Waals surface area contributed by atoms with Gasteiger partial charge in [0.15, 0.2) is 0 Å². The Morgan fingerprint density at radius 1 is 1.29 bits per heavy atom. The van der Waals surface area contributed by atoms with E-state index in [1.54, 1.807) is 7.05 Å². The number of benzene rings is 1. The van der Waals surface area contributed by atoms with Crippen molar-refractivity contribution in [1.29, 1.82) is 0 Å². The van der Waals surface area contributed by atoms with Crippen LogP contribution in [0.5, 0.6) is 0 Å². The van der Waals surface area contributed by atoms with Gasteiger partial charge in [0, 0.05) is 6.61 Å². The third kappa shape index (κ3) is 1.79. The molecule has 0 saturated carbocycles. The Balaban J connectivity index is 2.17. The van der Waals surface area contributed by atoms with E-state index in [1.165, 1.54) is 12.1 Å². The van der Waals surface area contributed by atoms with Gasteiger partial charge < -0.3 is 10.1 Å². The van der Waals surface area contributed by atoms with Crippen molar-refractivity contribution < 1.29 is 9.13 Å². The molecule has 0 unspecified atom stereocenters. The summed E-state index contributed by atoms with van der Waals surface area (Å²) in [5.41, 5.74) is 1.11. The lowest BCUT2D eigenvalue weighted by molar-refractivity contribution is 0.192. The van der Waals surface area contributed by atoms with E-state index >= 15 is 0 Å². The fourth-order valence-electron chi connectivity index (χ4n) is 1.83. The van der Waals surface area contributed by atoms with E-state index in [1.807, 2.05) is 12.1 Å². The van der Waals surface area contributed by atoms with E-state index in [0.29, 0.717) is 19.1 Å². The van der Waals surface area contributed by atoms with E-state index in [2.05, 4.69) is 5.32 Å². The lowest BCUT2D eigenvalue weighted by Crippen LogP contribution is -2.14. The number of halogens is 1. The molecule has 1 heterocycles. The summed E-state index contributed by atoms with van der Waals surface area (Å²) in [6.45, 7) is 1.37. The predicted octanol–water partition coefficient (Wildman–Crippen LogP) is 2.31. The van der Waals surface area contributed by atoms with Crippen LogP contribution in [0.2, 0.25) is 0 Å². The summed E-state index contributed by atoms with van der Waals surface area (Å²) in [5.74, 6) is 0.0956. The van der Waals surface area contributed by atoms with Gasteiger partial charge in [0.25, 0.3) is 0 Å². The predicted molar refractivity (Wildman–Crippen MR) is 53.0 cm³/mol. The Morgan fingerprint density at radius 2 is 2.00 bits per heavy atom. The molecular weight excluding hydrogens is 181 g/mol. The van der Waals surface area contributed by atoms with Crippen LogP contribution in [0, 0.1) is 5.82 Å². The van der Waals surface area contributed by atoms with Crippen molar-refractivity contribution in [3.63, 3.8) is 0 Å². The maximum atomic E-state index is 12.7. The first-order valence-corrected chi connectivity index (χ1v) is 4.73. The summed E-state index contributed by atoms with van der Waals surface area (Å²) in [6.07, 6.45) is 0. The minimum Gasteiger partial charge on any atom is -0.660 e. The van der Waals surface area contributed by atoms with Crippen LogP contribution in [0.1, 0.15) is 11.5 Å². The summed E-state index contributed by atoms with van der Waals surface area (Å²) in [4.78, 5) is 0. The van der Waals surface area contributed by atoms with Gasteiger partial charge in [-0.05, 0) is 23.6 Å². The van der Waals surface area contributed by atoms with E-state index in [-0.39, 0.29) is 11.9 Å². The number of hydrogen-bond acceptors (Lipinski definition) is 1. The van der Waals surface area contributed by atoms with Crippen LogP contribution in [-0.2, 0) is 4.74 Å². The molecule has 1 saturated heterocycles. The summed E-state index contributed by atoms with van der Waals surface area (Å²) in [7, 11) is 1.80. The molecule has 1 aromatic carbocycles. The van der Waals surface area contributed by atoms with Crippen molar-refractivity contribution in [2.75, 3.05) is 20.3 Å². The molecule has 1 fully saturated rings. The second-order valence-corrected chi connectivity index (χ2v) is 3.52. The van der Waals surface area contributed by atoms with Gasteiger partial charge >= 0.3 is 0 Å². The summed E-state index contributed by atoms with van der Waals surface area (Å²) >= 11 is 0. The highest BCUT2D eigenvalue weighted by Crippen LogP contribution is 2.29. The Morgan fingerprint density at radius 3 is 2.64 bits per heavy atom. The van der Waals surface area contributed by atoms with Gasteiger partial charge in [-0.3, -0.25) is 0 Å². The van der Waals surface area contributed by atoms with E-state index < -0.39 is 0 Å². The van der Waals surface area contributed by atoms with Crippen molar-refractivity contribution in [1.82, 2.24) is 0 Å². The molecule has 2 nitrogen and oxygen atoms in total. The van der Waals surface area contributed by atoms with E-state index in [4.69, 9.17) is 4.74 Å². The quantitative estimate of drug-likeness (QED) is 0.708. The monoisotopic (exact) mass is 194 g/mol. The zero-order valence-electron chi connectivity index (χ0n) is 8.11. The largest absolute Gasteiger partial charge is 0.660 e. The van der Waals surface area contributed by atoms with E-state index in [9.17, 15) is 4.39 Å². The van der Waals surface area contributed by atoms with Crippen LogP contribution >= 0.6 is 0 Å². The molecule has 1 aromatic rings. The van der Waals surface area contributed by atoms with E-state index in [0.717, 1.165) is 5.56 Å². The molecule has 3 heteroatoms. The maximum Gasteiger partial charge on any atom is 0.123 e. The highest BCUT2D eigenvalue weighted by atomic mass is 19.1. The minimum absolute atomic E-state index is 0.197. The minimum atomic E-state index is -0.197. The molecule has 1 aliphatic rings. The molecule has 0 amide bonds. The van der Waals surface area contributed by atoms with Gasteiger partial charge in [-0.25, -0.2) is 4.39 Å². The summed E-state index contributed by atoms with van der Waals surface area (Å²) in [6, 6.07) is 6.82. The van der Waals surface area contributed by atoms with Crippen molar-refractivity contribution in [2.45, 2.75) is 12.0 Å². The average Bonchev–Trinajstić information content (AvgIpc) is 2.67. The Bertz CT molecular complexity index is 299. The van der Waals surface area contributed by atoms with Gasteiger partial charge in [0.1, 0.15) is 5.82 Å². The molecule has 0 radical (unpaired) electrons. The molecule has 0 N–H and O–H groups in total. The fourth-order valence-corrected chi connectivity index (χ4v) is 1.83. The third-order valence-corrected chi connectivity index (χ3v) is 2.68. The second-order valence-electron chi connectivity index (χ2n) is 3.52. The van der Waals surface area contributed by atoms with Crippen molar-refractivity contribution in [2.24, 2.45) is 0 Å². The SMILES string of the molecule is C[N-][C@@H]1COC[C@@H]1c1ccc(F)cc1. The highest BCUT2D eigenvalue weighted by Gasteiger charge is 2.22. The fraction of sp³-hybridized carbons (Fsp3) is 0.455. The Labute approximate surface area is 83.1 Å². The molecule has 0 aliphatic carbocycles. The highest BCUT2D eigenvalue weighted by molar-refractivity contribution is 5.25. The molecule has 1 aliphatic heterocycles. The Kier molecular flexibility index (Phi) is 2.79. The standard InChI is InChI=1S/C11H13FNO/c1-13-11-7-14-6-10(11)8-2-4-9(12)5-3-8/h2-5,10-11H,6-7H2,1H3/q-1/t10-,11-/m1/s1. The lowest BCUT2D eigenvalue weighted by atomic mass is 9.94. The molecule has 0 aromatic heterocycles. The van der Waals surface area contributed by atoms with Gasteiger partial charge in [-0.1, -0.05) is 12.1 Å². The topological polar surface area (TPSA) is 23.3 Å². The molecule has 0 spiro atoms. The summed E-state index contributed by atoms with van der Waals surface area (Å²) < 4.78 is 18.1. The number of hydrogen-bond donors (Lipinski definition) is 0. The van der Waals surface area contributed by atoms with Crippen molar-refractivity contribution >= 4 is 0 Å². The first-order chi connectivity index (χ1) is 6.81. The normalized spacial score (nSPS) is 26.7. The van der Waals surface area contributed by atoms with Crippen LogP contribution in [0.3, 0.4) is 0 Å². The van der Waals surface area contributed by atoms with Crippen LogP contribution in [-0.4, -0.2) is 26.3 Å². The number of ether oxygens (including phenoxy) is 1. The first-order valence-electron chi connectivity index (χ1n) is 4.73. The molecule has 14 heavy (non-hydrogen) atoms. The zero-order valence-corrected chi connectivity index (χ0v) is 8.11. The molecule has 0 bridgehead atoms. The van der Waals surface area contributed by atoms with Crippen molar-refractivity contribution in [3.05, 3.63) is 41.0 Å².